The lowest BCUT2D eigenvalue weighted by atomic mass is 9.96. The maximum absolute atomic E-state index is 12.7. The van der Waals surface area contributed by atoms with E-state index in [1.54, 1.807) is 0 Å². The van der Waals surface area contributed by atoms with Crippen molar-refractivity contribution in [3.8, 4) is 0 Å². The number of piperidine rings is 1. The monoisotopic (exact) mass is 392 g/mol. The molecule has 1 atom stereocenters. The highest BCUT2D eigenvalue weighted by atomic mass is 35.5. The van der Waals surface area contributed by atoms with Crippen LogP contribution in [0, 0.1) is 5.92 Å². The van der Waals surface area contributed by atoms with Crippen LogP contribution in [0.25, 0.3) is 10.8 Å². The van der Waals surface area contributed by atoms with Crippen LogP contribution in [0.4, 0.5) is 0 Å². The van der Waals surface area contributed by atoms with Gasteiger partial charge < -0.3 is 5.32 Å². The molecular weight excluding hydrogens is 368 g/mol. The van der Waals surface area contributed by atoms with Crippen molar-refractivity contribution in [3.63, 3.8) is 0 Å². The largest absolute Gasteiger partial charge is 0.352 e. The van der Waals surface area contributed by atoms with E-state index in [2.05, 4.69) is 46.6 Å². The standard InChI is InChI=1S/C24H25ClN2O/c25-23-10-4-3-8-21(23)16-27-13-5-9-22(17-27)24(28)26-15-18-11-12-19-6-1-2-7-20(19)14-18/h1-4,6-8,10-12,14,22H,5,9,13,15-17H2,(H,26,28)/t22-/m0/s1. The van der Waals surface area contributed by atoms with Gasteiger partial charge in [-0.25, -0.2) is 0 Å². The number of rotatable bonds is 5. The third-order valence-electron chi connectivity index (χ3n) is 5.51. The van der Waals surface area contributed by atoms with Crippen molar-refractivity contribution in [1.82, 2.24) is 10.2 Å². The molecule has 1 saturated heterocycles. The summed E-state index contributed by atoms with van der Waals surface area (Å²) < 4.78 is 0. The van der Waals surface area contributed by atoms with Crippen molar-refractivity contribution >= 4 is 28.3 Å². The average Bonchev–Trinajstić information content (AvgIpc) is 2.74. The van der Waals surface area contributed by atoms with E-state index < -0.39 is 0 Å². The summed E-state index contributed by atoms with van der Waals surface area (Å²) in [6.07, 6.45) is 1.99. The molecule has 28 heavy (non-hydrogen) atoms. The summed E-state index contributed by atoms with van der Waals surface area (Å²) >= 11 is 6.30. The third-order valence-corrected chi connectivity index (χ3v) is 5.88. The number of fused-ring (bicyclic) bond motifs is 1. The van der Waals surface area contributed by atoms with Crippen LogP contribution in [-0.4, -0.2) is 23.9 Å². The highest BCUT2D eigenvalue weighted by Crippen LogP contribution is 2.22. The van der Waals surface area contributed by atoms with E-state index in [0.717, 1.165) is 48.6 Å². The van der Waals surface area contributed by atoms with E-state index >= 15 is 0 Å². The zero-order chi connectivity index (χ0) is 19.3. The van der Waals surface area contributed by atoms with Gasteiger partial charge in [-0.05, 0) is 53.4 Å². The molecule has 3 aromatic carbocycles. The second-order valence-corrected chi connectivity index (χ2v) is 7.97. The highest BCUT2D eigenvalue weighted by molar-refractivity contribution is 6.31. The van der Waals surface area contributed by atoms with Gasteiger partial charge in [0.1, 0.15) is 0 Å². The van der Waals surface area contributed by atoms with Gasteiger partial charge in [-0.2, -0.15) is 0 Å². The summed E-state index contributed by atoms with van der Waals surface area (Å²) in [5.74, 6) is 0.189. The molecule has 1 fully saturated rings. The molecule has 0 unspecified atom stereocenters. The molecule has 3 nitrogen and oxygen atoms in total. The third kappa shape index (κ3) is 4.54. The number of nitrogens with zero attached hydrogens (tertiary/aromatic N) is 1. The summed E-state index contributed by atoms with van der Waals surface area (Å²) in [6.45, 7) is 3.17. The van der Waals surface area contributed by atoms with Crippen LogP contribution in [0.2, 0.25) is 5.02 Å². The Morgan fingerprint density at radius 3 is 2.68 bits per heavy atom. The number of hydrogen-bond acceptors (Lipinski definition) is 2. The molecule has 0 aliphatic carbocycles. The van der Waals surface area contributed by atoms with E-state index in [1.165, 1.54) is 10.8 Å². The Labute approximate surface area is 171 Å². The quantitative estimate of drug-likeness (QED) is 0.661. The Bertz CT molecular complexity index is 971. The minimum atomic E-state index is 0.0386. The summed E-state index contributed by atoms with van der Waals surface area (Å²) in [5.41, 5.74) is 2.26. The van der Waals surface area contributed by atoms with E-state index in [-0.39, 0.29) is 11.8 Å². The lowest BCUT2D eigenvalue weighted by Gasteiger charge is -2.32. The minimum Gasteiger partial charge on any atom is -0.352 e. The number of likely N-dealkylation sites (tertiary alicyclic amines) is 1. The number of halogens is 1. The van der Waals surface area contributed by atoms with Crippen LogP contribution < -0.4 is 5.32 Å². The molecule has 3 aromatic rings. The number of amides is 1. The molecule has 1 N–H and O–H groups in total. The van der Waals surface area contributed by atoms with Gasteiger partial charge in [0.2, 0.25) is 5.91 Å². The second-order valence-electron chi connectivity index (χ2n) is 7.56. The van der Waals surface area contributed by atoms with Crippen LogP contribution in [0.15, 0.2) is 66.7 Å². The van der Waals surface area contributed by atoms with Gasteiger partial charge in [0.05, 0.1) is 5.92 Å². The van der Waals surface area contributed by atoms with Crippen LogP contribution in [0.1, 0.15) is 24.0 Å². The first-order chi connectivity index (χ1) is 13.7. The lowest BCUT2D eigenvalue weighted by Crippen LogP contribution is -2.42. The Hall–Kier alpha value is -2.36. The summed E-state index contributed by atoms with van der Waals surface area (Å²) in [7, 11) is 0. The first-order valence-corrected chi connectivity index (χ1v) is 10.3. The molecule has 1 amide bonds. The topological polar surface area (TPSA) is 32.3 Å². The van der Waals surface area contributed by atoms with Gasteiger partial charge in [0.25, 0.3) is 0 Å². The second kappa shape index (κ2) is 8.76. The normalized spacial score (nSPS) is 17.5. The fourth-order valence-corrected chi connectivity index (χ4v) is 4.16. The van der Waals surface area contributed by atoms with Crippen LogP contribution in [0.3, 0.4) is 0 Å². The lowest BCUT2D eigenvalue weighted by molar-refractivity contribution is -0.126. The molecule has 0 bridgehead atoms. The maximum atomic E-state index is 12.7. The number of hydrogen-bond donors (Lipinski definition) is 1. The Morgan fingerprint density at radius 2 is 1.82 bits per heavy atom. The zero-order valence-corrected chi connectivity index (χ0v) is 16.7. The van der Waals surface area contributed by atoms with Crippen LogP contribution in [0.5, 0.6) is 0 Å². The van der Waals surface area contributed by atoms with Crippen molar-refractivity contribution in [2.45, 2.75) is 25.9 Å². The fraction of sp³-hybridized carbons (Fsp3) is 0.292. The highest BCUT2D eigenvalue weighted by Gasteiger charge is 2.25. The Kier molecular flexibility index (Phi) is 5.94. The smallest absolute Gasteiger partial charge is 0.224 e. The van der Waals surface area contributed by atoms with Crippen molar-refractivity contribution in [2.75, 3.05) is 13.1 Å². The van der Waals surface area contributed by atoms with E-state index in [1.807, 2.05) is 30.3 Å². The molecule has 4 heteroatoms. The SMILES string of the molecule is O=C(NCc1ccc2ccccc2c1)[C@H]1CCCN(Cc2ccccc2Cl)C1. The molecule has 1 aliphatic heterocycles. The molecule has 1 aliphatic rings. The van der Waals surface area contributed by atoms with Gasteiger partial charge in [-0.15, -0.1) is 0 Å². The number of nitrogens with one attached hydrogen (secondary N) is 1. The van der Waals surface area contributed by atoms with Crippen molar-refractivity contribution in [3.05, 3.63) is 82.9 Å². The van der Waals surface area contributed by atoms with Gasteiger partial charge in [-0.1, -0.05) is 66.2 Å². The van der Waals surface area contributed by atoms with Crippen LogP contribution in [-0.2, 0) is 17.9 Å². The van der Waals surface area contributed by atoms with E-state index in [4.69, 9.17) is 11.6 Å². The van der Waals surface area contributed by atoms with E-state index in [9.17, 15) is 4.79 Å². The van der Waals surface area contributed by atoms with Crippen molar-refractivity contribution < 1.29 is 4.79 Å². The van der Waals surface area contributed by atoms with Gasteiger partial charge in [0.15, 0.2) is 0 Å². The zero-order valence-electron chi connectivity index (χ0n) is 15.9. The Balaban J connectivity index is 1.34. The molecule has 0 radical (unpaired) electrons. The van der Waals surface area contributed by atoms with Gasteiger partial charge in [0, 0.05) is 24.7 Å². The fourth-order valence-electron chi connectivity index (χ4n) is 3.96. The molecule has 0 aromatic heterocycles. The van der Waals surface area contributed by atoms with E-state index in [0.29, 0.717) is 6.54 Å². The maximum Gasteiger partial charge on any atom is 0.224 e. The molecule has 0 saturated carbocycles. The summed E-state index contributed by atoms with van der Waals surface area (Å²) in [5, 5.41) is 6.36. The molecule has 144 valence electrons. The molecular formula is C24H25ClN2O. The number of carbonyl (C=O) groups excluding carboxylic acids is 1. The van der Waals surface area contributed by atoms with Gasteiger partial charge >= 0.3 is 0 Å². The number of benzene rings is 3. The predicted octanol–water partition coefficient (Wildman–Crippen LogP) is 5.02. The van der Waals surface area contributed by atoms with Gasteiger partial charge in [-0.3, -0.25) is 9.69 Å². The van der Waals surface area contributed by atoms with Crippen LogP contribution >= 0.6 is 11.6 Å². The number of carbonyl (C=O) groups is 1. The van der Waals surface area contributed by atoms with Crippen molar-refractivity contribution in [2.24, 2.45) is 5.92 Å². The molecule has 1 heterocycles. The van der Waals surface area contributed by atoms with Crippen molar-refractivity contribution in [1.29, 1.82) is 0 Å². The predicted molar refractivity (Wildman–Crippen MR) is 115 cm³/mol. The summed E-state index contributed by atoms with van der Waals surface area (Å²) in [4.78, 5) is 15.1. The molecule has 0 spiro atoms. The summed E-state index contributed by atoms with van der Waals surface area (Å²) in [6, 6.07) is 22.6. The Morgan fingerprint density at radius 1 is 1.04 bits per heavy atom. The average molecular weight is 393 g/mol. The first-order valence-electron chi connectivity index (χ1n) is 9.90. The molecule has 4 rings (SSSR count). The minimum absolute atomic E-state index is 0.0386. The first kappa shape index (κ1) is 19.0.